The predicted molar refractivity (Wildman–Crippen MR) is 78.5 cm³/mol. The fourth-order valence-electron chi connectivity index (χ4n) is 3.62. The van der Waals surface area contributed by atoms with E-state index in [4.69, 9.17) is 14.2 Å². The second-order valence-electron chi connectivity index (χ2n) is 6.23. The van der Waals surface area contributed by atoms with Crippen molar-refractivity contribution in [3.8, 4) is 11.5 Å². The van der Waals surface area contributed by atoms with E-state index in [0.717, 1.165) is 44.3 Å². The predicted octanol–water partition coefficient (Wildman–Crippen LogP) is 3.34. The minimum Gasteiger partial charge on any atom is -0.497 e. The van der Waals surface area contributed by atoms with Gasteiger partial charge in [-0.2, -0.15) is 0 Å². The Hall–Kier alpha value is -1.55. The Morgan fingerprint density at radius 3 is 1.90 bits per heavy atom. The summed E-state index contributed by atoms with van der Waals surface area (Å²) in [5.41, 5.74) is -0.289. The largest absolute Gasteiger partial charge is 0.497 e. The van der Waals surface area contributed by atoms with Gasteiger partial charge >= 0.3 is 5.97 Å². The second kappa shape index (κ2) is 5.34. The average Bonchev–Trinajstić information content (AvgIpc) is 2.57. The van der Waals surface area contributed by atoms with Crippen LogP contribution in [0.1, 0.15) is 38.5 Å². The Bertz CT molecular complexity index is 496. The first-order chi connectivity index (χ1) is 10.1. The van der Waals surface area contributed by atoms with Crippen LogP contribution in [0, 0.1) is 5.41 Å². The highest BCUT2D eigenvalue weighted by Gasteiger charge is 2.53. The van der Waals surface area contributed by atoms with Gasteiger partial charge in [0.15, 0.2) is 0 Å². The van der Waals surface area contributed by atoms with Crippen molar-refractivity contribution in [1.82, 2.24) is 0 Å². The molecule has 4 nitrogen and oxygen atoms in total. The van der Waals surface area contributed by atoms with Crippen molar-refractivity contribution in [3.63, 3.8) is 0 Å². The summed E-state index contributed by atoms with van der Waals surface area (Å²) < 4.78 is 16.4. The van der Waals surface area contributed by atoms with Gasteiger partial charge in [0.25, 0.3) is 0 Å². The molecule has 3 saturated carbocycles. The van der Waals surface area contributed by atoms with E-state index in [0.29, 0.717) is 5.75 Å². The number of carbonyl (C=O) groups excluding carboxylic acids is 1. The first-order valence-electron chi connectivity index (χ1n) is 7.53. The molecule has 3 aliphatic carbocycles. The number of ether oxygens (including phenoxy) is 3. The molecule has 21 heavy (non-hydrogen) atoms. The lowest BCUT2D eigenvalue weighted by atomic mass is 9.58. The van der Waals surface area contributed by atoms with Crippen molar-refractivity contribution >= 4 is 5.97 Å². The molecule has 1 aromatic carbocycles. The van der Waals surface area contributed by atoms with Crippen molar-refractivity contribution in [1.29, 1.82) is 0 Å². The van der Waals surface area contributed by atoms with Crippen LogP contribution in [0.3, 0.4) is 0 Å². The van der Waals surface area contributed by atoms with Gasteiger partial charge in [0.1, 0.15) is 11.5 Å². The molecule has 0 unspecified atom stereocenters. The molecule has 3 aliphatic rings. The molecule has 0 N–H and O–H groups in total. The molecule has 0 amide bonds. The summed E-state index contributed by atoms with van der Waals surface area (Å²) in [6, 6.07) is 7.16. The zero-order chi connectivity index (χ0) is 14.9. The SMILES string of the molecule is COc1ccc(OC(=O)C23CCC(OC)(CC2)CC3)cc1. The molecule has 0 radical (unpaired) electrons. The lowest BCUT2D eigenvalue weighted by Gasteiger charge is -2.50. The molecule has 114 valence electrons. The van der Waals surface area contributed by atoms with Crippen LogP contribution in [0.4, 0.5) is 0 Å². The normalized spacial score (nSPS) is 31.0. The number of benzene rings is 1. The van der Waals surface area contributed by atoms with Gasteiger partial charge in [-0.25, -0.2) is 0 Å². The maximum atomic E-state index is 12.6. The fraction of sp³-hybridized carbons (Fsp3) is 0.588. The Kier molecular flexibility index (Phi) is 3.66. The van der Waals surface area contributed by atoms with Gasteiger partial charge < -0.3 is 14.2 Å². The van der Waals surface area contributed by atoms with Crippen molar-refractivity contribution in [2.75, 3.05) is 14.2 Å². The summed E-state index contributed by atoms with van der Waals surface area (Å²) >= 11 is 0. The number of rotatable bonds is 4. The molecule has 0 spiro atoms. The number of carbonyl (C=O) groups is 1. The molecule has 0 heterocycles. The van der Waals surface area contributed by atoms with Crippen LogP contribution < -0.4 is 9.47 Å². The summed E-state index contributed by atoms with van der Waals surface area (Å²) in [5.74, 6) is 1.26. The first kappa shape index (κ1) is 14.4. The van der Waals surface area contributed by atoms with E-state index in [1.54, 1.807) is 38.5 Å². The Balaban J connectivity index is 1.68. The minimum atomic E-state index is -0.305. The first-order valence-corrected chi connectivity index (χ1v) is 7.53. The summed E-state index contributed by atoms with van der Waals surface area (Å²) in [7, 11) is 3.40. The fourth-order valence-corrected chi connectivity index (χ4v) is 3.62. The third kappa shape index (κ3) is 2.53. The average molecular weight is 290 g/mol. The molecular weight excluding hydrogens is 268 g/mol. The van der Waals surface area contributed by atoms with E-state index in [1.165, 1.54) is 0 Å². The molecule has 0 aromatic heterocycles. The van der Waals surface area contributed by atoms with E-state index in [1.807, 2.05) is 0 Å². The third-order valence-electron chi connectivity index (χ3n) is 5.31. The van der Waals surface area contributed by atoms with Gasteiger partial charge in [0.05, 0.1) is 18.1 Å². The van der Waals surface area contributed by atoms with E-state index in [9.17, 15) is 4.79 Å². The van der Waals surface area contributed by atoms with Crippen molar-refractivity contribution in [2.45, 2.75) is 44.1 Å². The van der Waals surface area contributed by atoms with Crippen LogP contribution in [0.25, 0.3) is 0 Å². The summed E-state index contributed by atoms with van der Waals surface area (Å²) in [6.07, 6.45) is 5.49. The lowest BCUT2D eigenvalue weighted by Crippen LogP contribution is -2.51. The number of fused-ring (bicyclic) bond motifs is 3. The molecule has 0 atom stereocenters. The van der Waals surface area contributed by atoms with Gasteiger partial charge in [-0.05, 0) is 62.8 Å². The number of esters is 1. The standard InChI is InChI=1S/C17H22O4/c1-19-13-3-5-14(6-4-13)21-15(18)16-7-10-17(20-2,11-8-16)12-9-16/h3-6H,7-12H2,1-2H3. The number of hydrogen-bond donors (Lipinski definition) is 0. The minimum absolute atomic E-state index is 0.0160. The van der Waals surface area contributed by atoms with E-state index in [-0.39, 0.29) is 17.0 Å². The highest BCUT2D eigenvalue weighted by molar-refractivity contribution is 5.79. The number of hydrogen-bond acceptors (Lipinski definition) is 4. The molecule has 0 saturated heterocycles. The molecule has 2 bridgehead atoms. The third-order valence-corrected chi connectivity index (χ3v) is 5.31. The van der Waals surface area contributed by atoms with Gasteiger partial charge in [0.2, 0.25) is 0 Å². The smallest absolute Gasteiger partial charge is 0.317 e. The molecular formula is C17H22O4. The molecule has 4 rings (SSSR count). The highest BCUT2D eigenvalue weighted by Crippen LogP contribution is 2.54. The zero-order valence-electron chi connectivity index (χ0n) is 12.7. The quantitative estimate of drug-likeness (QED) is 0.630. The van der Waals surface area contributed by atoms with Crippen LogP contribution in [-0.4, -0.2) is 25.8 Å². The Morgan fingerprint density at radius 2 is 1.43 bits per heavy atom. The molecule has 4 heteroatoms. The van der Waals surface area contributed by atoms with Gasteiger partial charge in [0, 0.05) is 7.11 Å². The lowest BCUT2D eigenvalue weighted by molar-refractivity contribution is -0.166. The van der Waals surface area contributed by atoms with Crippen molar-refractivity contribution < 1.29 is 19.0 Å². The van der Waals surface area contributed by atoms with Crippen molar-refractivity contribution in [3.05, 3.63) is 24.3 Å². The van der Waals surface area contributed by atoms with Crippen LogP contribution in [0.2, 0.25) is 0 Å². The van der Waals surface area contributed by atoms with E-state index >= 15 is 0 Å². The maximum absolute atomic E-state index is 12.6. The summed E-state index contributed by atoms with van der Waals surface area (Å²) in [4.78, 5) is 12.6. The maximum Gasteiger partial charge on any atom is 0.317 e. The second-order valence-corrected chi connectivity index (χ2v) is 6.23. The topological polar surface area (TPSA) is 44.8 Å². The van der Waals surface area contributed by atoms with Gasteiger partial charge in [-0.15, -0.1) is 0 Å². The van der Waals surface area contributed by atoms with Crippen LogP contribution >= 0.6 is 0 Å². The van der Waals surface area contributed by atoms with Gasteiger partial charge in [-0.1, -0.05) is 0 Å². The zero-order valence-corrected chi connectivity index (χ0v) is 12.7. The Labute approximate surface area is 125 Å². The molecule has 3 fully saturated rings. The van der Waals surface area contributed by atoms with E-state index < -0.39 is 0 Å². The number of methoxy groups -OCH3 is 2. The Morgan fingerprint density at radius 1 is 0.905 bits per heavy atom. The molecule has 1 aromatic rings. The van der Waals surface area contributed by atoms with Crippen LogP contribution in [0.15, 0.2) is 24.3 Å². The summed E-state index contributed by atoms with van der Waals surface area (Å²) in [5, 5.41) is 0. The van der Waals surface area contributed by atoms with Crippen LogP contribution in [0.5, 0.6) is 11.5 Å². The monoisotopic (exact) mass is 290 g/mol. The highest BCUT2D eigenvalue weighted by atomic mass is 16.5. The molecule has 0 aliphatic heterocycles. The van der Waals surface area contributed by atoms with E-state index in [2.05, 4.69) is 0 Å². The summed E-state index contributed by atoms with van der Waals surface area (Å²) in [6.45, 7) is 0. The van der Waals surface area contributed by atoms with Crippen LogP contribution in [-0.2, 0) is 9.53 Å². The van der Waals surface area contributed by atoms with Gasteiger partial charge in [-0.3, -0.25) is 4.79 Å². The van der Waals surface area contributed by atoms with Crippen molar-refractivity contribution in [2.24, 2.45) is 5.41 Å².